The van der Waals surface area contributed by atoms with Crippen LogP contribution in [0.4, 0.5) is 4.39 Å². The fraction of sp³-hybridized carbons (Fsp3) is 0.167. The summed E-state index contributed by atoms with van der Waals surface area (Å²) in [4.78, 5) is 0. The molecule has 0 aliphatic carbocycles. The van der Waals surface area contributed by atoms with Crippen LogP contribution in [0.3, 0.4) is 0 Å². The first kappa shape index (κ1) is 11.4. The van der Waals surface area contributed by atoms with Gasteiger partial charge in [0.1, 0.15) is 5.82 Å². The highest BCUT2D eigenvalue weighted by Crippen LogP contribution is 2.23. The van der Waals surface area contributed by atoms with Gasteiger partial charge < -0.3 is 9.52 Å². The fourth-order valence-corrected chi connectivity index (χ4v) is 1.72. The topological polar surface area (TPSA) is 33.4 Å². The molecule has 0 fully saturated rings. The highest BCUT2D eigenvalue weighted by atomic mass is 79.9. The van der Waals surface area contributed by atoms with Crippen molar-refractivity contribution in [2.45, 2.75) is 12.5 Å². The first-order valence-corrected chi connectivity index (χ1v) is 5.60. The number of rotatable bonds is 3. The molecule has 1 heterocycles. The van der Waals surface area contributed by atoms with Gasteiger partial charge in [-0.15, -0.1) is 0 Å². The molecule has 1 aromatic heterocycles. The van der Waals surface area contributed by atoms with E-state index < -0.39 is 6.10 Å². The van der Waals surface area contributed by atoms with Crippen LogP contribution in [0.5, 0.6) is 0 Å². The van der Waals surface area contributed by atoms with Crippen LogP contribution in [0.1, 0.15) is 17.2 Å². The zero-order chi connectivity index (χ0) is 11.5. The molecule has 0 bridgehead atoms. The molecule has 0 aliphatic rings. The maximum Gasteiger partial charge on any atom is 0.137 e. The van der Waals surface area contributed by atoms with Crippen LogP contribution in [0.2, 0.25) is 0 Å². The van der Waals surface area contributed by atoms with Crippen LogP contribution in [0.25, 0.3) is 0 Å². The van der Waals surface area contributed by atoms with E-state index in [1.165, 1.54) is 6.07 Å². The van der Waals surface area contributed by atoms with Gasteiger partial charge in [-0.1, -0.05) is 6.07 Å². The summed E-state index contributed by atoms with van der Waals surface area (Å²) >= 11 is 3.07. The van der Waals surface area contributed by atoms with Crippen molar-refractivity contribution in [2.24, 2.45) is 0 Å². The molecule has 2 nitrogen and oxygen atoms in total. The number of halogens is 2. The summed E-state index contributed by atoms with van der Waals surface area (Å²) in [6.45, 7) is 0. The summed E-state index contributed by atoms with van der Waals surface area (Å²) in [5.74, 6) is -0.372. The summed E-state index contributed by atoms with van der Waals surface area (Å²) in [5.41, 5.74) is 1.44. The van der Waals surface area contributed by atoms with Crippen molar-refractivity contribution in [1.82, 2.24) is 0 Å². The second-order valence-electron chi connectivity index (χ2n) is 3.53. The summed E-state index contributed by atoms with van der Waals surface area (Å²) in [6, 6.07) is 6.38. The largest absolute Gasteiger partial charge is 0.472 e. The molecule has 1 N–H and O–H groups in total. The van der Waals surface area contributed by atoms with Gasteiger partial charge in [-0.05, 0) is 45.3 Å². The van der Waals surface area contributed by atoms with Crippen LogP contribution in [-0.2, 0) is 6.42 Å². The first-order valence-electron chi connectivity index (χ1n) is 4.81. The summed E-state index contributed by atoms with van der Waals surface area (Å²) in [5, 5.41) is 9.88. The van der Waals surface area contributed by atoms with Crippen LogP contribution in [0, 0.1) is 5.82 Å². The Hall–Kier alpha value is -1.13. The SMILES string of the molecule is OC(Cc1ccoc1)c1ccc(Br)c(F)c1. The van der Waals surface area contributed by atoms with E-state index in [0.29, 0.717) is 16.5 Å². The second kappa shape index (κ2) is 4.80. The molecular formula is C12H10BrFO2. The van der Waals surface area contributed by atoms with E-state index in [-0.39, 0.29) is 5.82 Å². The lowest BCUT2D eigenvalue weighted by atomic mass is 10.0. The maximum absolute atomic E-state index is 13.2. The third kappa shape index (κ3) is 2.51. The number of aliphatic hydroxyl groups is 1. The van der Waals surface area contributed by atoms with Crippen molar-refractivity contribution < 1.29 is 13.9 Å². The Bertz CT molecular complexity index is 468. The van der Waals surface area contributed by atoms with E-state index in [1.807, 2.05) is 0 Å². The van der Waals surface area contributed by atoms with Crippen molar-refractivity contribution in [2.75, 3.05) is 0 Å². The lowest BCUT2D eigenvalue weighted by molar-refractivity contribution is 0.177. The van der Waals surface area contributed by atoms with E-state index in [9.17, 15) is 9.50 Å². The molecule has 1 aromatic carbocycles. The molecule has 0 amide bonds. The standard InChI is InChI=1S/C12H10BrFO2/c13-10-2-1-9(6-11(10)14)12(15)5-8-3-4-16-7-8/h1-4,6-7,12,15H,5H2. The van der Waals surface area contributed by atoms with Crippen LogP contribution < -0.4 is 0 Å². The van der Waals surface area contributed by atoms with Crippen molar-refractivity contribution in [3.63, 3.8) is 0 Å². The molecule has 4 heteroatoms. The number of hydrogen-bond acceptors (Lipinski definition) is 2. The lowest BCUT2D eigenvalue weighted by Gasteiger charge is -2.10. The minimum atomic E-state index is -0.722. The summed E-state index contributed by atoms with van der Waals surface area (Å²) in [7, 11) is 0. The molecule has 1 atom stereocenters. The Balaban J connectivity index is 2.14. The van der Waals surface area contributed by atoms with E-state index in [2.05, 4.69) is 15.9 Å². The number of hydrogen-bond donors (Lipinski definition) is 1. The molecule has 16 heavy (non-hydrogen) atoms. The third-order valence-corrected chi connectivity index (χ3v) is 2.98. The molecule has 0 radical (unpaired) electrons. The molecule has 2 aromatic rings. The smallest absolute Gasteiger partial charge is 0.137 e. The van der Waals surface area contributed by atoms with E-state index in [1.54, 1.807) is 30.7 Å². The van der Waals surface area contributed by atoms with Gasteiger partial charge in [0.25, 0.3) is 0 Å². The minimum absolute atomic E-state index is 0.372. The Morgan fingerprint density at radius 1 is 1.38 bits per heavy atom. The second-order valence-corrected chi connectivity index (χ2v) is 4.38. The molecule has 0 spiro atoms. The normalized spacial score (nSPS) is 12.7. The predicted molar refractivity (Wildman–Crippen MR) is 61.5 cm³/mol. The lowest BCUT2D eigenvalue weighted by Crippen LogP contribution is -2.01. The minimum Gasteiger partial charge on any atom is -0.472 e. The zero-order valence-corrected chi connectivity index (χ0v) is 9.95. The monoisotopic (exact) mass is 284 g/mol. The Labute approximate surface area is 101 Å². The van der Waals surface area contributed by atoms with Gasteiger partial charge in [0.05, 0.1) is 23.1 Å². The van der Waals surface area contributed by atoms with E-state index in [0.717, 1.165) is 5.56 Å². The van der Waals surface area contributed by atoms with Crippen LogP contribution in [-0.4, -0.2) is 5.11 Å². The predicted octanol–water partition coefficient (Wildman–Crippen LogP) is 3.46. The zero-order valence-electron chi connectivity index (χ0n) is 8.36. The molecule has 0 aliphatic heterocycles. The quantitative estimate of drug-likeness (QED) is 0.937. The van der Waals surface area contributed by atoms with Gasteiger partial charge in [0.2, 0.25) is 0 Å². The van der Waals surface area contributed by atoms with Crippen molar-refractivity contribution in [3.05, 3.63) is 58.2 Å². The van der Waals surface area contributed by atoms with Gasteiger partial charge in [0.15, 0.2) is 0 Å². The maximum atomic E-state index is 13.2. The fourth-order valence-electron chi connectivity index (χ4n) is 1.47. The van der Waals surface area contributed by atoms with Gasteiger partial charge in [-0.3, -0.25) is 0 Å². The number of aliphatic hydroxyl groups excluding tert-OH is 1. The molecular weight excluding hydrogens is 275 g/mol. The Kier molecular flexibility index (Phi) is 3.41. The average Bonchev–Trinajstić information content (AvgIpc) is 2.74. The molecule has 0 saturated heterocycles. The molecule has 0 saturated carbocycles. The highest BCUT2D eigenvalue weighted by molar-refractivity contribution is 9.10. The third-order valence-electron chi connectivity index (χ3n) is 2.34. The highest BCUT2D eigenvalue weighted by Gasteiger charge is 2.11. The van der Waals surface area contributed by atoms with E-state index >= 15 is 0 Å². The van der Waals surface area contributed by atoms with Crippen LogP contribution in [0.15, 0.2) is 45.7 Å². The van der Waals surface area contributed by atoms with Gasteiger partial charge in [-0.25, -0.2) is 4.39 Å². The molecule has 1 unspecified atom stereocenters. The van der Waals surface area contributed by atoms with Crippen molar-refractivity contribution in [1.29, 1.82) is 0 Å². The summed E-state index contributed by atoms with van der Waals surface area (Å²) in [6.07, 6.45) is 2.81. The van der Waals surface area contributed by atoms with Crippen LogP contribution >= 0.6 is 15.9 Å². The van der Waals surface area contributed by atoms with Crippen molar-refractivity contribution in [3.8, 4) is 0 Å². The Morgan fingerprint density at radius 2 is 2.19 bits per heavy atom. The summed E-state index contributed by atoms with van der Waals surface area (Å²) < 4.78 is 18.5. The number of furan rings is 1. The average molecular weight is 285 g/mol. The van der Waals surface area contributed by atoms with E-state index in [4.69, 9.17) is 4.42 Å². The Morgan fingerprint density at radius 3 is 2.81 bits per heavy atom. The van der Waals surface area contributed by atoms with Crippen molar-refractivity contribution >= 4 is 15.9 Å². The van der Waals surface area contributed by atoms with Gasteiger partial charge in [0, 0.05) is 6.42 Å². The first-order chi connectivity index (χ1) is 7.66. The van der Waals surface area contributed by atoms with Gasteiger partial charge in [-0.2, -0.15) is 0 Å². The number of benzene rings is 1. The van der Waals surface area contributed by atoms with Gasteiger partial charge >= 0.3 is 0 Å². The molecule has 84 valence electrons. The molecule has 2 rings (SSSR count).